The van der Waals surface area contributed by atoms with Crippen molar-refractivity contribution in [2.24, 2.45) is 0 Å². The van der Waals surface area contributed by atoms with Gasteiger partial charge in [0.05, 0.1) is 5.60 Å². The van der Waals surface area contributed by atoms with Crippen molar-refractivity contribution >= 4 is 0 Å². The van der Waals surface area contributed by atoms with Crippen LogP contribution in [-0.2, 0) is 0 Å². The van der Waals surface area contributed by atoms with Crippen LogP contribution in [0.3, 0.4) is 0 Å². The van der Waals surface area contributed by atoms with E-state index in [1.165, 1.54) is 5.57 Å². The summed E-state index contributed by atoms with van der Waals surface area (Å²) in [6.45, 7) is 8.23. The third kappa shape index (κ3) is 5.36. The molecule has 0 saturated heterocycles. The van der Waals surface area contributed by atoms with E-state index in [4.69, 9.17) is 0 Å². The van der Waals surface area contributed by atoms with E-state index in [0.29, 0.717) is 0 Å². The normalized spacial score (nSPS) is 17.6. The fourth-order valence-electron chi connectivity index (χ4n) is 0.951. The molecule has 0 bridgehead atoms. The molecule has 0 radical (unpaired) electrons. The monoisotopic (exact) mass is 170 g/mol. The predicted molar refractivity (Wildman–Crippen MR) is 54.2 cm³/mol. The molecule has 0 heterocycles. The molecule has 0 saturated carbocycles. The van der Waals surface area contributed by atoms with Gasteiger partial charge in [-0.3, -0.25) is 0 Å². The first-order valence-electron chi connectivity index (χ1n) is 4.90. The van der Waals surface area contributed by atoms with Gasteiger partial charge in [0.25, 0.3) is 0 Å². The van der Waals surface area contributed by atoms with E-state index < -0.39 is 5.60 Å². The fourth-order valence-corrected chi connectivity index (χ4v) is 0.951. The highest BCUT2D eigenvalue weighted by Gasteiger charge is 2.15. The number of rotatable bonds is 5. The van der Waals surface area contributed by atoms with Gasteiger partial charge in [-0.05, 0) is 39.5 Å². The van der Waals surface area contributed by atoms with Crippen molar-refractivity contribution in [2.75, 3.05) is 0 Å². The second-order valence-electron chi connectivity index (χ2n) is 3.79. The molecule has 72 valence electrons. The molecular formula is C11H22O. The Morgan fingerprint density at radius 3 is 2.42 bits per heavy atom. The van der Waals surface area contributed by atoms with E-state index in [1.54, 1.807) is 0 Å². The molecule has 0 fully saturated rings. The second kappa shape index (κ2) is 5.36. The van der Waals surface area contributed by atoms with Gasteiger partial charge in [-0.25, -0.2) is 0 Å². The van der Waals surface area contributed by atoms with Crippen LogP contribution in [0.4, 0.5) is 0 Å². The lowest BCUT2D eigenvalue weighted by atomic mass is 9.96. The van der Waals surface area contributed by atoms with E-state index in [1.807, 2.05) is 13.8 Å². The smallest absolute Gasteiger partial charge is 0.0620 e. The van der Waals surface area contributed by atoms with Crippen LogP contribution in [0.25, 0.3) is 0 Å². The summed E-state index contributed by atoms with van der Waals surface area (Å²) in [6, 6.07) is 0. The van der Waals surface area contributed by atoms with Crippen molar-refractivity contribution in [1.29, 1.82) is 0 Å². The Morgan fingerprint density at radius 1 is 1.42 bits per heavy atom. The van der Waals surface area contributed by atoms with Gasteiger partial charge in [0.2, 0.25) is 0 Å². The van der Waals surface area contributed by atoms with Crippen molar-refractivity contribution in [3.63, 3.8) is 0 Å². The molecule has 0 rings (SSSR count). The Labute approximate surface area is 76.5 Å². The molecule has 1 heteroatoms. The molecule has 1 atom stereocenters. The zero-order valence-corrected chi connectivity index (χ0v) is 8.85. The zero-order chi connectivity index (χ0) is 9.61. The average molecular weight is 170 g/mol. The molecule has 1 nitrogen and oxygen atoms in total. The van der Waals surface area contributed by atoms with Gasteiger partial charge in [-0.2, -0.15) is 0 Å². The maximum Gasteiger partial charge on any atom is 0.0620 e. The van der Waals surface area contributed by atoms with Crippen molar-refractivity contribution in [3.05, 3.63) is 11.6 Å². The maximum atomic E-state index is 9.68. The molecule has 0 aliphatic rings. The quantitative estimate of drug-likeness (QED) is 0.628. The molecule has 0 amide bonds. The van der Waals surface area contributed by atoms with Gasteiger partial charge in [0.15, 0.2) is 0 Å². The van der Waals surface area contributed by atoms with Gasteiger partial charge in [-0.15, -0.1) is 0 Å². The lowest BCUT2D eigenvalue weighted by Crippen LogP contribution is -2.21. The second-order valence-corrected chi connectivity index (χ2v) is 3.79. The molecule has 0 spiro atoms. The first-order valence-corrected chi connectivity index (χ1v) is 4.90. The Kier molecular flexibility index (Phi) is 5.23. The molecule has 1 N–H and O–H groups in total. The minimum absolute atomic E-state index is 0.468. The summed E-state index contributed by atoms with van der Waals surface area (Å²) in [5, 5.41) is 9.68. The number of hydrogen-bond donors (Lipinski definition) is 1. The summed E-state index contributed by atoms with van der Waals surface area (Å²) < 4.78 is 0. The fraction of sp³-hybridized carbons (Fsp3) is 0.818. The standard InChI is InChI=1S/C11H22O/c1-5-10(3)8-7-9-11(4,12)6-2/h8,12H,5-7,9H2,1-4H3. The highest BCUT2D eigenvalue weighted by molar-refractivity contribution is 4.97. The summed E-state index contributed by atoms with van der Waals surface area (Å²) in [5.74, 6) is 0. The molecule has 12 heavy (non-hydrogen) atoms. The third-order valence-electron chi connectivity index (χ3n) is 2.50. The van der Waals surface area contributed by atoms with Gasteiger partial charge in [0.1, 0.15) is 0 Å². The van der Waals surface area contributed by atoms with E-state index in [0.717, 1.165) is 25.7 Å². The molecule has 0 aromatic heterocycles. The van der Waals surface area contributed by atoms with Crippen LogP contribution in [0.15, 0.2) is 11.6 Å². The van der Waals surface area contributed by atoms with Crippen LogP contribution < -0.4 is 0 Å². The zero-order valence-electron chi connectivity index (χ0n) is 8.85. The predicted octanol–water partition coefficient (Wildman–Crippen LogP) is 3.28. The minimum Gasteiger partial charge on any atom is -0.390 e. The largest absolute Gasteiger partial charge is 0.390 e. The Hall–Kier alpha value is -0.300. The van der Waals surface area contributed by atoms with Gasteiger partial charge in [0, 0.05) is 0 Å². The first-order chi connectivity index (χ1) is 5.52. The maximum absolute atomic E-state index is 9.68. The van der Waals surface area contributed by atoms with Crippen molar-refractivity contribution in [2.45, 2.75) is 59.0 Å². The third-order valence-corrected chi connectivity index (χ3v) is 2.50. The molecule has 0 aromatic carbocycles. The molecule has 1 unspecified atom stereocenters. The van der Waals surface area contributed by atoms with Crippen molar-refractivity contribution in [3.8, 4) is 0 Å². The molecule has 0 aliphatic carbocycles. The summed E-state index contributed by atoms with van der Waals surface area (Å²) in [6.07, 6.45) is 6.06. The summed E-state index contributed by atoms with van der Waals surface area (Å²) in [7, 11) is 0. The minimum atomic E-state index is -0.468. The van der Waals surface area contributed by atoms with E-state index in [-0.39, 0.29) is 0 Å². The summed E-state index contributed by atoms with van der Waals surface area (Å²) in [5.41, 5.74) is 0.951. The van der Waals surface area contributed by atoms with Crippen molar-refractivity contribution < 1.29 is 5.11 Å². The average Bonchev–Trinajstić information content (AvgIpc) is 2.04. The highest BCUT2D eigenvalue weighted by atomic mass is 16.3. The molecule has 0 aliphatic heterocycles. The van der Waals surface area contributed by atoms with Gasteiger partial charge in [-0.1, -0.05) is 25.5 Å². The lowest BCUT2D eigenvalue weighted by molar-refractivity contribution is 0.0480. The number of hydrogen-bond acceptors (Lipinski definition) is 1. The van der Waals surface area contributed by atoms with Gasteiger partial charge < -0.3 is 5.11 Å². The Morgan fingerprint density at radius 2 is 2.00 bits per heavy atom. The van der Waals surface area contributed by atoms with Gasteiger partial charge >= 0.3 is 0 Å². The van der Waals surface area contributed by atoms with Crippen molar-refractivity contribution in [1.82, 2.24) is 0 Å². The highest BCUT2D eigenvalue weighted by Crippen LogP contribution is 2.16. The Balaban J connectivity index is 3.69. The van der Waals surface area contributed by atoms with E-state index in [2.05, 4.69) is 19.9 Å². The SMILES string of the molecule is CCC(C)=CCCC(C)(O)CC. The topological polar surface area (TPSA) is 20.2 Å². The number of aliphatic hydroxyl groups is 1. The van der Waals surface area contributed by atoms with Crippen LogP contribution in [0.2, 0.25) is 0 Å². The van der Waals surface area contributed by atoms with Crippen LogP contribution in [-0.4, -0.2) is 10.7 Å². The van der Waals surface area contributed by atoms with Crippen LogP contribution in [0, 0.1) is 0 Å². The first kappa shape index (κ1) is 11.7. The molecular weight excluding hydrogens is 148 g/mol. The summed E-state index contributed by atoms with van der Waals surface area (Å²) in [4.78, 5) is 0. The molecule has 0 aromatic rings. The van der Waals surface area contributed by atoms with Crippen LogP contribution in [0.1, 0.15) is 53.4 Å². The Bertz CT molecular complexity index is 145. The lowest BCUT2D eigenvalue weighted by Gasteiger charge is -2.19. The number of allylic oxidation sites excluding steroid dienone is 2. The van der Waals surface area contributed by atoms with E-state index >= 15 is 0 Å². The van der Waals surface area contributed by atoms with Crippen LogP contribution >= 0.6 is 0 Å². The van der Waals surface area contributed by atoms with Crippen LogP contribution in [0.5, 0.6) is 0 Å². The summed E-state index contributed by atoms with van der Waals surface area (Å²) >= 11 is 0. The van der Waals surface area contributed by atoms with E-state index in [9.17, 15) is 5.11 Å².